The Morgan fingerprint density at radius 3 is 2.38 bits per heavy atom. The molecule has 1 aliphatic rings. The van der Waals surface area contributed by atoms with E-state index in [0.29, 0.717) is 49.2 Å². The van der Waals surface area contributed by atoms with E-state index < -0.39 is 65.8 Å². The Labute approximate surface area is 319 Å². The first-order valence-corrected chi connectivity index (χ1v) is 17.8. The van der Waals surface area contributed by atoms with E-state index in [1.165, 1.54) is 35.8 Å². The molecule has 1 amide bonds. The molecule has 53 heavy (non-hydrogen) atoms. The molecule has 12 heteroatoms. The number of hydrogen-bond donors (Lipinski definition) is 0. The summed E-state index contributed by atoms with van der Waals surface area (Å²) in [4.78, 5) is 32.1. The number of hydrogen-bond acceptors (Lipinski definition) is 5. The van der Waals surface area contributed by atoms with Crippen LogP contribution in [0.2, 0.25) is 0 Å². The third-order valence-electron chi connectivity index (χ3n) is 9.25. The van der Waals surface area contributed by atoms with Gasteiger partial charge in [0.05, 0.1) is 32.3 Å². The third kappa shape index (κ3) is 9.17. The molecule has 1 aromatic heterocycles. The van der Waals surface area contributed by atoms with Crippen LogP contribution in [-0.4, -0.2) is 59.6 Å². The van der Waals surface area contributed by atoms with Crippen LogP contribution < -0.4 is 5.43 Å². The molecule has 0 atom stereocenters. The lowest BCUT2D eigenvalue weighted by Gasteiger charge is -2.39. The monoisotopic (exact) mass is 756 g/mol. The van der Waals surface area contributed by atoms with Crippen molar-refractivity contribution in [2.75, 3.05) is 33.3 Å². The van der Waals surface area contributed by atoms with Crippen LogP contribution in [0.15, 0.2) is 101 Å². The summed E-state index contributed by atoms with van der Waals surface area (Å²) in [6.07, 6.45) is -3.57. The number of carbonyl (C=O) groups excluding carboxylic acids is 1. The summed E-state index contributed by atoms with van der Waals surface area (Å²) in [6, 6.07) is 13.0. The van der Waals surface area contributed by atoms with Gasteiger partial charge in [0, 0.05) is 62.0 Å². The SMILES string of the molecule is [2H]c1c(C)c([2H])c2c(c1[2H])c(=O)c([2H])c(SCc1cccc(F)c1F)n2CC(=O)N(Cc1ccc(-c2ccc(C(F)(F)F)cc2)cc1)C1CCN(CCOC([2H])([2H])[2H])CC1. The molecule has 1 aliphatic heterocycles. The van der Waals surface area contributed by atoms with E-state index in [-0.39, 0.29) is 58.7 Å². The Bertz CT molecular complexity index is 2440. The molecular weight excluding hydrogens is 710 g/mol. The van der Waals surface area contributed by atoms with Crippen LogP contribution >= 0.6 is 11.8 Å². The Hall–Kier alpha value is -4.52. The zero-order valence-corrected chi connectivity index (χ0v) is 29.5. The third-order valence-corrected chi connectivity index (χ3v) is 10.3. The van der Waals surface area contributed by atoms with Gasteiger partial charge >= 0.3 is 6.18 Å². The van der Waals surface area contributed by atoms with E-state index in [4.69, 9.17) is 14.3 Å². The van der Waals surface area contributed by atoms with E-state index in [1.807, 2.05) is 4.90 Å². The van der Waals surface area contributed by atoms with Crippen LogP contribution in [-0.2, 0) is 34.6 Å². The van der Waals surface area contributed by atoms with Gasteiger partial charge in [0.25, 0.3) is 0 Å². The molecule has 6 rings (SSSR count). The molecule has 0 radical (unpaired) electrons. The van der Waals surface area contributed by atoms with E-state index >= 15 is 0 Å². The highest BCUT2D eigenvalue weighted by Gasteiger charge is 2.31. The predicted molar refractivity (Wildman–Crippen MR) is 198 cm³/mol. The van der Waals surface area contributed by atoms with Crippen LogP contribution in [0.1, 0.15) is 44.7 Å². The molecule has 5 aromatic rings. The molecule has 0 N–H and O–H groups in total. The van der Waals surface area contributed by atoms with Crippen molar-refractivity contribution >= 4 is 28.6 Å². The Kier molecular flexibility index (Phi) is 9.39. The van der Waals surface area contributed by atoms with Crippen LogP contribution in [0.3, 0.4) is 0 Å². The van der Waals surface area contributed by atoms with Gasteiger partial charge in [-0.2, -0.15) is 13.2 Å². The molecule has 2 heterocycles. The smallest absolute Gasteiger partial charge is 0.383 e. The van der Waals surface area contributed by atoms with E-state index in [2.05, 4.69) is 0 Å². The van der Waals surface area contributed by atoms with Crippen molar-refractivity contribution in [1.82, 2.24) is 14.4 Å². The number of likely N-dealkylation sites (tertiary alicyclic amines) is 1. The summed E-state index contributed by atoms with van der Waals surface area (Å²) in [7, 11) is -2.54. The van der Waals surface area contributed by atoms with E-state index in [1.54, 1.807) is 29.2 Å². The van der Waals surface area contributed by atoms with Gasteiger partial charge in [-0.05, 0) is 72.3 Å². The van der Waals surface area contributed by atoms with Crippen molar-refractivity contribution in [3.63, 3.8) is 0 Å². The van der Waals surface area contributed by atoms with Gasteiger partial charge in [0.1, 0.15) is 6.54 Å². The highest BCUT2D eigenvalue weighted by Crippen LogP contribution is 2.32. The van der Waals surface area contributed by atoms with Gasteiger partial charge in [-0.25, -0.2) is 8.78 Å². The van der Waals surface area contributed by atoms with Crippen molar-refractivity contribution in [2.24, 2.45) is 0 Å². The molecule has 6 nitrogen and oxygen atoms in total. The molecule has 0 spiro atoms. The first kappa shape index (κ1) is 29.9. The van der Waals surface area contributed by atoms with Gasteiger partial charge in [-0.15, -0.1) is 11.8 Å². The van der Waals surface area contributed by atoms with Crippen molar-refractivity contribution in [1.29, 1.82) is 0 Å². The minimum atomic E-state index is -4.49. The average Bonchev–Trinajstić information content (AvgIpc) is 3.20. The van der Waals surface area contributed by atoms with E-state index in [0.717, 1.165) is 30.0 Å². The summed E-state index contributed by atoms with van der Waals surface area (Å²) < 4.78 is 132. The lowest BCUT2D eigenvalue weighted by molar-refractivity contribution is -0.137. The largest absolute Gasteiger partial charge is 0.416 e. The van der Waals surface area contributed by atoms with E-state index in [9.17, 15) is 31.5 Å². The second-order valence-corrected chi connectivity index (χ2v) is 13.7. The molecule has 0 saturated carbocycles. The lowest BCUT2D eigenvalue weighted by Crippen LogP contribution is -2.48. The van der Waals surface area contributed by atoms with Crippen molar-refractivity contribution in [3.05, 3.63) is 135 Å². The maximum absolute atomic E-state index is 14.8. The highest BCUT2D eigenvalue weighted by molar-refractivity contribution is 7.98. The number of piperidine rings is 1. The van der Waals surface area contributed by atoms with Crippen molar-refractivity contribution < 1.29 is 41.1 Å². The Balaban J connectivity index is 1.37. The summed E-state index contributed by atoms with van der Waals surface area (Å²) in [5, 5.41) is -0.521. The number of nitrogens with zero attached hydrogens (tertiary/aromatic N) is 3. The van der Waals surface area contributed by atoms with Crippen molar-refractivity contribution in [3.8, 4) is 11.1 Å². The molecule has 0 bridgehead atoms. The van der Waals surface area contributed by atoms with Crippen LogP contribution in [0.5, 0.6) is 0 Å². The van der Waals surface area contributed by atoms with Crippen LogP contribution in [0, 0.1) is 18.6 Å². The summed E-state index contributed by atoms with van der Waals surface area (Å²) in [5.41, 5.74) is -0.0738. The number of ether oxygens (including phenoxy) is 1. The molecule has 0 unspecified atom stereocenters. The summed E-state index contributed by atoms with van der Waals surface area (Å²) in [6.45, 7) is 2.20. The number of amides is 1. The second kappa shape index (κ2) is 16.7. The maximum Gasteiger partial charge on any atom is 0.416 e. The lowest BCUT2D eigenvalue weighted by atomic mass is 10.00. The number of thioether (sulfide) groups is 1. The molecular formula is C41H40F5N3O3S. The standard InChI is InChI=1S/C41H40F5N3O3S/c1-27-6-15-34-36(22-27)49(39(23-37(34)50)53-26-31-4-3-5-35(42)40(31)43)25-38(51)48(33-16-18-47(19-17-33)20-21-52-2)24-28-7-9-29(10-8-28)30-11-13-32(14-12-30)41(44,45)46/h3-15,22-23,33H,16-21,24-26H2,1-2H3/i2D3,6D,15D,22D,23D. The van der Waals surface area contributed by atoms with Crippen LogP contribution in [0.4, 0.5) is 22.0 Å². The predicted octanol–water partition coefficient (Wildman–Crippen LogP) is 8.71. The number of methoxy groups -OCH3 is 1. The molecule has 278 valence electrons. The maximum atomic E-state index is 14.8. The fraction of sp³-hybridized carbons (Fsp3) is 0.317. The van der Waals surface area contributed by atoms with Gasteiger partial charge < -0.3 is 19.1 Å². The minimum absolute atomic E-state index is 0.0309. The number of rotatable bonds is 12. The Morgan fingerprint density at radius 1 is 1.00 bits per heavy atom. The number of carbonyl (C=O) groups is 1. The average molecular weight is 757 g/mol. The molecule has 1 saturated heterocycles. The first-order chi connectivity index (χ1) is 28.2. The Morgan fingerprint density at radius 2 is 1.70 bits per heavy atom. The highest BCUT2D eigenvalue weighted by atomic mass is 32.2. The summed E-state index contributed by atoms with van der Waals surface area (Å²) in [5.74, 6) is -2.99. The fourth-order valence-corrected chi connectivity index (χ4v) is 7.37. The normalized spacial score (nSPS) is 16.3. The number of fused-ring (bicyclic) bond motifs is 1. The van der Waals surface area contributed by atoms with Gasteiger partial charge in [0.15, 0.2) is 17.1 Å². The topological polar surface area (TPSA) is 54.8 Å². The number of aromatic nitrogens is 1. The van der Waals surface area contributed by atoms with Crippen LogP contribution in [0.25, 0.3) is 22.0 Å². The number of halogens is 5. The number of pyridine rings is 1. The summed E-state index contributed by atoms with van der Waals surface area (Å²) >= 11 is 0.793. The fourth-order valence-electron chi connectivity index (χ4n) is 6.38. The molecule has 0 aliphatic carbocycles. The molecule has 1 fully saturated rings. The first-order valence-electron chi connectivity index (χ1n) is 20.4. The zero-order valence-electron chi connectivity index (χ0n) is 35.7. The second-order valence-electron chi connectivity index (χ2n) is 12.8. The quantitative estimate of drug-likeness (QED) is 0.0943. The van der Waals surface area contributed by atoms with Crippen molar-refractivity contribution in [2.45, 2.75) is 55.9 Å². The van der Waals surface area contributed by atoms with Gasteiger partial charge in [-0.1, -0.05) is 54.6 Å². The molecule has 4 aromatic carbocycles. The van der Waals surface area contributed by atoms with Gasteiger partial charge in [-0.3, -0.25) is 9.59 Å². The van der Waals surface area contributed by atoms with Gasteiger partial charge in [0.2, 0.25) is 5.91 Å². The zero-order chi connectivity index (χ0) is 43.7. The minimum Gasteiger partial charge on any atom is -0.383 e. The number of benzene rings is 4. The number of alkyl halides is 3.